The van der Waals surface area contributed by atoms with Crippen LogP contribution in [0.3, 0.4) is 0 Å². The third kappa shape index (κ3) is 3.00. The number of nitrogens with one attached hydrogen (secondary N) is 1. The number of hydrogen-bond acceptors (Lipinski definition) is 5. The number of carbonyl (C=O) groups excluding carboxylic acids is 1. The van der Waals surface area contributed by atoms with E-state index < -0.39 is 0 Å². The van der Waals surface area contributed by atoms with Gasteiger partial charge in [0.2, 0.25) is 5.91 Å². The second-order valence-electron chi connectivity index (χ2n) is 4.65. The lowest BCUT2D eigenvalue weighted by Crippen LogP contribution is -2.30. The number of nitriles is 1. The maximum Gasteiger partial charge on any atom is 0.229 e. The number of anilines is 2. The van der Waals surface area contributed by atoms with E-state index in [9.17, 15) is 4.79 Å². The molecule has 0 bridgehead atoms. The molecule has 0 saturated carbocycles. The largest absolute Gasteiger partial charge is 0.494 e. The molecule has 1 aromatic rings. The Kier molecular flexibility index (Phi) is 4.43. The molecule has 1 unspecified atom stereocenters. The topological polar surface area (TPSA) is 97.4 Å². The Labute approximate surface area is 117 Å². The van der Waals surface area contributed by atoms with Crippen LogP contribution >= 0.6 is 0 Å². The zero-order valence-corrected chi connectivity index (χ0v) is 11.3. The van der Waals surface area contributed by atoms with Crippen LogP contribution in [0, 0.1) is 17.2 Å². The van der Waals surface area contributed by atoms with Crippen LogP contribution < -0.4 is 15.8 Å². The highest BCUT2D eigenvalue weighted by Crippen LogP contribution is 2.31. The highest BCUT2D eigenvalue weighted by atomic mass is 16.5. The fourth-order valence-corrected chi connectivity index (χ4v) is 2.15. The molecule has 0 radical (unpaired) electrons. The molecule has 1 aliphatic heterocycles. The summed E-state index contributed by atoms with van der Waals surface area (Å²) in [7, 11) is 1.47. The first-order chi connectivity index (χ1) is 9.65. The Morgan fingerprint density at radius 2 is 2.40 bits per heavy atom. The Morgan fingerprint density at radius 3 is 3.00 bits per heavy atom. The molecule has 1 atom stereocenters. The van der Waals surface area contributed by atoms with E-state index >= 15 is 0 Å². The van der Waals surface area contributed by atoms with E-state index in [-0.39, 0.29) is 11.8 Å². The lowest BCUT2D eigenvalue weighted by atomic mass is 10.0. The smallest absolute Gasteiger partial charge is 0.229 e. The molecule has 0 aliphatic carbocycles. The van der Waals surface area contributed by atoms with Crippen molar-refractivity contribution in [3.05, 3.63) is 17.7 Å². The van der Waals surface area contributed by atoms with Crippen molar-refractivity contribution in [3.8, 4) is 11.8 Å². The SMILES string of the molecule is COc1cc(C#N)cc(NC(=O)C2CCCOC2)c1N. The summed E-state index contributed by atoms with van der Waals surface area (Å²) >= 11 is 0. The number of rotatable bonds is 3. The molecule has 3 N–H and O–H groups in total. The van der Waals surface area contributed by atoms with Gasteiger partial charge in [-0.1, -0.05) is 0 Å². The van der Waals surface area contributed by atoms with Gasteiger partial charge >= 0.3 is 0 Å². The van der Waals surface area contributed by atoms with E-state index in [4.69, 9.17) is 20.5 Å². The highest BCUT2D eigenvalue weighted by molar-refractivity contribution is 5.96. The van der Waals surface area contributed by atoms with Gasteiger partial charge in [-0.15, -0.1) is 0 Å². The fraction of sp³-hybridized carbons (Fsp3) is 0.429. The normalized spacial score (nSPS) is 18.1. The Bertz CT molecular complexity index is 545. The van der Waals surface area contributed by atoms with Gasteiger partial charge in [0.05, 0.1) is 42.6 Å². The molecular formula is C14H17N3O3. The summed E-state index contributed by atoms with van der Waals surface area (Å²) in [6, 6.07) is 5.09. The van der Waals surface area contributed by atoms with Gasteiger partial charge in [-0.25, -0.2) is 0 Å². The van der Waals surface area contributed by atoms with Gasteiger partial charge in [-0.3, -0.25) is 4.79 Å². The van der Waals surface area contributed by atoms with Crippen molar-refractivity contribution in [1.82, 2.24) is 0 Å². The number of nitrogens with zero attached hydrogens (tertiary/aromatic N) is 1. The van der Waals surface area contributed by atoms with Crippen molar-refractivity contribution >= 4 is 17.3 Å². The lowest BCUT2D eigenvalue weighted by molar-refractivity contribution is -0.123. The summed E-state index contributed by atoms with van der Waals surface area (Å²) in [4.78, 5) is 12.1. The van der Waals surface area contributed by atoms with Crippen LogP contribution in [0.25, 0.3) is 0 Å². The second kappa shape index (κ2) is 6.26. The zero-order valence-electron chi connectivity index (χ0n) is 11.3. The van der Waals surface area contributed by atoms with Gasteiger partial charge in [0.1, 0.15) is 5.75 Å². The molecule has 0 spiro atoms. The van der Waals surface area contributed by atoms with Crippen LogP contribution in [0.5, 0.6) is 5.75 Å². The van der Waals surface area contributed by atoms with Crippen molar-refractivity contribution in [1.29, 1.82) is 5.26 Å². The van der Waals surface area contributed by atoms with Gasteiger partial charge < -0.3 is 20.5 Å². The minimum Gasteiger partial charge on any atom is -0.494 e. The summed E-state index contributed by atoms with van der Waals surface area (Å²) in [5.74, 6) is 0.0488. The van der Waals surface area contributed by atoms with Gasteiger partial charge in [-0.2, -0.15) is 5.26 Å². The summed E-state index contributed by atoms with van der Waals surface area (Å²) in [5, 5.41) is 11.7. The number of carbonyl (C=O) groups is 1. The van der Waals surface area contributed by atoms with Gasteiger partial charge in [0.25, 0.3) is 0 Å². The standard InChI is InChI=1S/C14H17N3O3/c1-19-12-6-9(7-15)5-11(13(12)16)17-14(18)10-3-2-4-20-8-10/h5-6,10H,2-4,8,16H2,1H3,(H,17,18). The summed E-state index contributed by atoms with van der Waals surface area (Å²) in [5.41, 5.74) is 7.01. The van der Waals surface area contributed by atoms with Crippen molar-refractivity contribution < 1.29 is 14.3 Å². The first kappa shape index (κ1) is 14.2. The van der Waals surface area contributed by atoms with E-state index in [2.05, 4.69) is 5.32 Å². The van der Waals surface area contributed by atoms with E-state index in [1.54, 1.807) is 6.07 Å². The second-order valence-corrected chi connectivity index (χ2v) is 4.65. The van der Waals surface area contributed by atoms with E-state index in [0.29, 0.717) is 35.9 Å². The highest BCUT2D eigenvalue weighted by Gasteiger charge is 2.23. The van der Waals surface area contributed by atoms with Crippen LogP contribution in [0.15, 0.2) is 12.1 Å². The van der Waals surface area contributed by atoms with Gasteiger partial charge in [-0.05, 0) is 18.9 Å². The number of benzene rings is 1. The molecule has 1 aliphatic rings. The molecular weight excluding hydrogens is 258 g/mol. The van der Waals surface area contributed by atoms with Crippen molar-refractivity contribution in [3.63, 3.8) is 0 Å². The number of ether oxygens (including phenoxy) is 2. The van der Waals surface area contributed by atoms with Crippen LogP contribution in [-0.4, -0.2) is 26.2 Å². The third-order valence-electron chi connectivity index (χ3n) is 3.28. The average molecular weight is 275 g/mol. The van der Waals surface area contributed by atoms with Crippen LogP contribution in [-0.2, 0) is 9.53 Å². The number of hydrogen-bond donors (Lipinski definition) is 2. The average Bonchev–Trinajstić information content (AvgIpc) is 2.50. The summed E-state index contributed by atoms with van der Waals surface area (Å²) in [6.45, 7) is 1.12. The van der Waals surface area contributed by atoms with Gasteiger partial charge in [0, 0.05) is 12.7 Å². The summed E-state index contributed by atoms with van der Waals surface area (Å²) in [6.07, 6.45) is 1.66. The molecule has 20 heavy (non-hydrogen) atoms. The first-order valence-corrected chi connectivity index (χ1v) is 6.42. The predicted octanol–water partition coefficient (Wildman–Crippen LogP) is 1.51. The quantitative estimate of drug-likeness (QED) is 0.815. The summed E-state index contributed by atoms with van der Waals surface area (Å²) < 4.78 is 10.4. The molecule has 106 valence electrons. The number of methoxy groups -OCH3 is 1. The maximum absolute atomic E-state index is 12.1. The van der Waals surface area contributed by atoms with Crippen LogP contribution in [0.1, 0.15) is 18.4 Å². The molecule has 6 nitrogen and oxygen atoms in total. The minimum absolute atomic E-state index is 0.145. The zero-order chi connectivity index (χ0) is 14.5. The van der Waals surface area contributed by atoms with Crippen molar-refractivity contribution in [2.75, 3.05) is 31.4 Å². The minimum atomic E-state index is -0.181. The van der Waals surface area contributed by atoms with Crippen molar-refractivity contribution in [2.24, 2.45) is 5.92 Å². The van der Waals surface area contributed by atoms with E-state index in [1.165, 1.54) is 13.2 Å². The van der Waals surface area contributed by atoms with E-state index in [1.807, 2.05) is 6.07 Å². The molecule has 0 aromatic heterocycles. The van der Waals surface area contributed by atoms with Crippen LogP contribution in [0.2, 0.25) is 0 Å². The molecule has 1 amide bonds. The van der Waals surface area contributed by atoms with Crippen molar-refractivity contribution in [2.45, 2.75) is 12.8 Å². The predicted molar refractivity (Wildman–Crippen MR) is 74.3 cm³/mol. The fourth-order valence-electron chi connectivity index (χ4n) is 2.15. The monoisotopic (exact) mass is 275 g/mol. The number of nitrogen functional groups attached to an aromatic ring is 1. The van der Waals surface area contributed by atoms with Gasteiger partial charge in [0.15, 0.2) is 0 Å². The Morgan fingerprint density at radius 1 is 1.60 bits per heavy atom. The Balaban J connectivity index is 2.19. The molecule has 1 saturated heterocycles. The maximum atomic E-state index is 12.1. The first-order valence-electron chi connectivity index (χ1n) is 6.42. The van der Waals surface area contributed by atoms with E-state index in [0.717, 1.165) is 12.8 Å². The van der Waals surface area contributed by atoms with Crippen LogP contribution in [0.4, 0.5) is 11.4 Å². The number of amides is 1. The molecule has 1 heterocycles. The lowest BCUT2D eigenvalue weighted by Gasteiger charge is -2.22. The number of nitrogens with two attached hydrogens (primary N) is 1. The molecule has 1 aromatic carbocycles. The third-order valence-corrected chi connectivity index (χ3v) is 3.28. The molecule has 2 rings (SSSR count). The Hall–Kier alpha value is -2.26. The molecule has 6 heteroatoms. The molecule has 1 fully saturated rings.